The Labute approximate surface area is 160 Å². The van der Waals surface area contributed by atoms with Crippen molar-refractivity contribution in [1.29, 1.82) is 0 Å². The van der Waals surface area contributed by atoms with Crippen LogP contribution >= 0.6 is 11.3 Å². The van der Waals surface area contributed by atoms with E-state index in [-0.39, 0.29) is 21.2 Å². The summed E-state index contributed by atoms with van der Waals surface area (Å²) in [4.78, 5) is 24.2. The Bertz CT molecular complexity index is 1070. The summed E-state index contributed by atoms with van der Waals surface area (Å²) in [6.07, 6.45) is 0. The van der Waals surface area contributed by atoms with E-state index < -0.39 is 15.9 Å². The second-order valence-electron chi connectivity index (χ2n) is 5.67. The van der Waals surface area contributed by atoms with Crippen molar-refractivity contribution in [2.24, 2.45) is 0 Å². The Hall–Kier alpha value is -2.97. The maximum atomic E-state index is 12.5. The number of anilines is 2. The quantitative estimate of drug-likeness (QED) is 0.612. The Morgan fingerprint density at radius 2 is 1.59 bits per heavy atom. The van der Waals surface area contributed by atoms with E-state index in [4.69, 9.17) is 0 Å². The number of benzene rings is 2. The molecule has 1 aromatic heterocycles. The third-order valence-electron chi connectivity index (χ3n) is 3.72. The standard InChI is InChI=1S/C19H16N2O4S2/c1-13(22)14-7-9-15(10-8-14)20-19(23)18-17(11-12-26-18)21-27(24,25)16-5-3-2-4-6-16/h2-12,21H,1H3,(H,20,23). The van der Waals surface area contributed by atoms with Crippen molar-refractivity contribution in [2.75, 3.05) is 10.0 Å². The lowest BCUT2D eigenvalue weighted by molar-refractivity contribution is 0.101. The van der Waals surface area contributed by atoms with E-state index in [1.165, 1.54) is 19.1 Å². The monoisotopic (exact) mass is 400 g/mol. The van der Waals surface area contributed by atoms with Crippen LogP contribution in [0.15, 0.2) is 70.9 Å². The number of nitrogens with one attached hydrogen (secondary N) is 2. The Kier molecular flexibility index (Phi) is 5.38. The summed E-state index contributed by atoms with van der Waals surface area (Å²) in [7, 11) is -3.79. The van der Waals surface area contributed by atoms with Crippen LogP contribution in [0.1, 0.15) is 27.0 Å². The van der Waals surface area contributed by atoms with Crippen molar-refractivity contribution in [3.8, 4) is 0 Å². The summed E-state index contributed by atoms with van der Waals surface area (Å²) in [5.41, 5.74) is 1.26. The minimum atomic E-state index is -3.79. The molecule has 3 aromatic rings. The SMILES string of the molecule is CC(=O)c1ccc(NC(=O)c2sccc2NS(=O)(=O)c2ccccc2)cc1. The molecular formula is C19H16N2O4S2. The second kappa shape index (κ2) is 7.73. The number of thiophene rings is 1. The number of carbonyl (C=O) groups excluding carboxylic acids is 2. The molecule has 1 amide bonds. The van der Waals surface area contributed by atoms with Gasteiger partial charge in [0, 0.05) is 11.3 Å². The van der Waals surface area contributed by atoms with Gasteiger partial charge in [-0.3, -0.25) is 14.3 Å². The van der Waals surface area contributed by atoms with Crippen LogP contribution in [0, 0.1) is 0 Å². The molecule has 0 aliphatic rings. The summed E-state index contributed by atoms with van der Waals surface area (Å²) < 4.78 is 27.4. The predicted octanol–water partition coefficient (Wildman–Crippen LogP) is 4.00. The number of amides is 1. The van der Waals surface area contributed by atoms with Gasteiger partial charge in [0.1, 0.15) is 4.88 Å². The second-order valence-corrected chi connectivity index (χ2v) is 8.27. The fourth-order valence-corrected chi connectivity index (χ4v) is 4.25. The van der Waals surface area contributed by atoms with Crippen LogP contribution < -0.4 is 10.0 Å². The largest absolute Gasteiger partial charge is 0.321 e. The molecule has 0 spiro atoms. The minimum absolute atomic E-state index is 0.0660. The van der Waals surface area contributed by atoms with Gasteiger partial charge in [-0.2, -0.15) is 0 Å². The van der Waals surface area contributed by atoms with Gasteiger partial charge in [-0.25, -0.2) is 8.42 Å². The van der Waals surface area contributed by atoms with Gasteiger partial charge in [0.25, 0.3) is 15.9 Å². The molecule has 0 aliphatic heterocycles. The summed E-state index contributed by atoms with van der Waals surface area (Å²) in [5.74, 6) is -0.505. The summed E-state index contributed by atoms with van der Waals surface area (Å²) >= 11 is 1.13. The van der Waals surface area contributed by atoms with Crippen molar-refractivity contribution >= 4 is 44.4 Å². The molecule has 0 bridgehead atoms. The lowest BCUT2D eigenvalue weighted by atomic mass is 10.1. The van der Waals surface area contributed by atoms with Gasteiger partial charge in [0.05, 0.1) is 10.6 Å². The van der Waals surface area contributed by atoms with E-state index >= 15 is 0 Å². The first kappa shape index (κ1) is 18.8. The molecule has 6 nitrogen and oxygen atoms in total. The molecule has 8 heteroatoms. The first-order valence-electron chi connectivity index (χ1n) is 7.94. The van der Waals surface area contributed by atoms with E-state index in [0.717, 1.165) is 11.3 Å². The van der Waals surface area contributed by atoms with Crippen molar-refractivity contribution in [1.82, 2.24) is 0 Å². The molecule has 0 radical (unpaired) electrons. The smallest absolute Gasteiger partial charge is 0.267 e. The molecule has 0 fully saturated rings. The van der Waals surface area contributed by atoms with Gasteiger partial charge in [-0.15, -0.1) is 11.3 Å². The number of hydrogen-bond donors (Lipinski definition) is 2. The first-order chi connectivity index (χ1) is 12.9. The summed E-state index contributed by atoms with van der Waals surface area (Å²) in [5, 5.41) is 4.34. The zero-order valence-electron chi connectivity index (χ0n) is 14.3. The van der Waals surface area contributed by atoms with Crippen LogP contribution in [0.25, 0.3) is 0 Å². The average molecular weight is 400 g/mol. The van der Waals surface area contributed by atoms with E-state index in [1.54, 1.807) is 53.9 Å². The third-order valence-corrected chi connectivity index (χ3v) is 6.01. The van der Waals surface area contributed by atoms with Crippen molar-refractivity contribution in [3.05, 3.63) is 76.5 Å². The van der Waals surface area contributed by atoms with Gasteiger partial charge in [-0.1, -0.05) is 18.2 Å². The molecule has 0 saturated carbocycles. The fourth-order valence-electron chi connectivity index (χ4n) is 2.34. The van der Waals surface area contributed by atoms with Gasteiger partial charge < -0.3 is 5.32 Å². The third kappa shape index (κ3) is 4.42. The maximum Gasteiger partial charge on any atom is 0.267 e. The minimum Gasteiger partial charge on any atom is -0.321 e. The highest BCUT2D eigenvalue weighted by Crippen LogP contribution is 2.26. The molecule has 0 unspecified atom stereocenters. The zero-order chi connectivity index (χ0) is 19.4. The van der Waals surface area contributed by atoms with Crippen molar-refractivity contribution in [2.45, 2.75) is 11.8 Å². The molecule has 138 valence electrons. The molecule has 1 heterocycles. The van der Waals surface area contributed by atoms with Crippen LogP contribution in [0.2, 0.25) is 0 Å². The predicted molar refractivity (Wildman–Crippen MR) is 106 cm³/mol. The lowest BCUT2D eigenvalue weighted by Gasteiger charge is -2.09. The Balaban J connectivity index is 1.78. The zero-order valence-corrected chi connectivity index (χ0v) is 15.9. The summed E-state index contributed by atoms with van der Waals surface area (Å²) in [6, 6.07) is 15.9. The topological polar surface area (TPSA) is 92.3 Å². The van der Waals surface area contributed by atoms with Crippen molar-refractivity contribution < 1.29 is 18.0 Å². The van der Waals surface area contributed by atoms with Crippen LogP contribution in [0.3, 0.4) is 0 Å². The molecule has 0 aliphatic carbocycles. The van der Waals surface area contributed by atoms with Gasteiger partial charge >= 0.3 is 0 Å². The highest BCUT2D eigenvalue weighted by atomic mass is 32.2. The van der Waals surface area contributed by atoms with E-state index in [1.807, 2.05) is 0 Å². The average Bonchev–Trinajstić information content (AvgIpc) is 3.10. The molecule has 27 heavy (non-hydrogen) atoms. The normalized spacial score (nSPS) is 11.0. The number of hydrogen-bond acceptors (Lipinski definition) is 5. The lowest BCUT2D eigenvalue weighted by Crippen LogP contribution is -2.17. The number of sulfonamides is 1. The maximum absolute atomic E-state index is 12.5. The molecule has 0 saturated heterocycles. The van der Waals surface area contributed by atoms with E-state index in [9.17, 15) is 18.0 Å². The van der Waals surface area contributed by atoms with E-state index in [2.05, 4.69) is 10.0 Å². The number of rotatable bonds is 6. The Morgan fingerprint density at radius 1 is 0.926 bits per heavy atom. The van der Waals surface area contributed by atoms with Crippen LogP contribution in [0.5, 0.6) is 0 Å². The molecular weight excluding hydrogens is 384 g/mol. The molecule has 2 aromatic carbocycles. The summed E-state index contributed by atoms with van der Waals surface area (Å²) in [6.45, 7) is 1.46. The van der Waals surface area contributed by atoms with Crippen molar-refractivity contribution in [3.63, 3.8) is 0 Å². The van der Waals surface area contributed by atoms with Gasteiger partial charge in [-0.05, 0) is 54.8 Å². The number of Topliss-reactive ketones (excluding diaryl/α,β-unsaturated/α-hetero) is 1. The van der Waals surface area contributed by atoms with E-state index in [0.29, 0.717) is 11.3 Å². The van der Waals surface area contributed by atoms with Crippen LogP contribution in [0.4, 0.5) is 11.4 Å². The van der Waals surface area contributed by atoms with Gasteiger partial charge in [0.2, 0.25) is 0 Å². The fraction of sp³-hybridized carbons (Fsp3) is 0.0526. The Morgan fingerprint density at radius 3 is 2.22 bits per heavy atom. The molecule has 2 N–H and O–H groups in total. The number of ketones is 1. The molecule has 0 atom stereocenters. The van der Waals surface area contributed by atoms with Crippen LogP contribution in [-0.4, -0.2) is 20.1 Å². The number of carbonyl (C=O) groups is 2. The first-order valence-corrected chi connectivity index (χ1v) is 10.3. The highest BCUT2D eigenvalue weighted by Gasteiger charge is 2.20. The van der Waals surface area contributed by atoms with Crippen LogP contribution in [-0.2, 0) is 10.0 Å². The molecule has 3 rings (SSSR count). The highest BCUT2D eigenvalue weighted by molar-refractivity contribution is 7.92. The van der Waals surface area contributed by atoms with Gasteiger partial charge in [0.15, 0.2) is 5.78 Å².